The molecule has 2 heterocycles. The Balaban J connectivity index is 2.02. The zero-order valence-electron chi connectivity index (χ0n) is 15.0. The van der Waals surface area contributed by atoms with Gasteiger partial charge in [0.15, 0.2) is 0 Å². The number of hydrogen-bond acceptors (Lipinski definition) is 3. The van der Waals surface area contributed by atoms with Gasteiger partial charge in [-0.25, -0.2) is 0 Å². The molecule has 1 aliphatic heterocycles. The number of hydrogen-bond donors (Lipinski definition) is 1. The highest BCUT2D eigenvalue weighted by atomic mass is 35.5. The van der Waals surface area contributed by atoms with Gasteiger partial charge in [-0.05, 0) is 44.4 Å². The fraction of sp³-hybridized carbons (Fsp3) is 0.368. The van der Waals surface area contributed by atoms with Crippen LogP contribution in [-0.4, -0.2) is 17.1 Å². The van der Waals surface area contributed by atoms with E-state index in [2.05, 4.69) is 5.32 Å². The number of carbonyl (C=O) groups is 1. The first-order chi connectivity index (χ1) is 13.2. The Morgan fingerprint density at radius 2 is 2.04 bits per heavy atom. The third kappa shape index (κ3) is 4.01. The Morgan fingerprint density at radius 3 is 2.71 bits per heavy atom. The van der Waals surface area contributed by atoms with Crippen LogP contribution in [-0.2, 0) is 19.1 Å². The van der Waals surface area contributed by atoms with Crippen molar-refractivity contribution in [2.24, 2.45) is 0 Å². The van der Waals surface area contributed by atoms with Gasteiger partial charge in [-0.3, -0.25) is 9.59 Å². The number of pyridine rings is 1. The molecule has 0 saturated heterocycles. The van der Waals surface area contributed by atoms with Gasteiger partial charge in [0.2, 0.25) is 0 Å². The zero-order chi connectivity index (χ0) is 20.5. The summed E-state index contributed by atoms with van der Waals surface area (Å²) >= 11 is 5.62. The molecule has 0 bridgehead atoms. The maximum Gasteiger partial charge on any atom is 0.417 e. The Morgan fingerprint density at radius 1 is 1.29 bits per heavy atom. The van der Waals surface area contributed by atoms with Crippen LogP contribution < -0.4 is 15.6 Å². The minimum Gasteiger partial charge on any atom is -0.493 e. The summed E-state index contributed by atoms with van der Waals surface area (Å²) in [5.74, 6) is -0.507. The van der Waals surface area contributed by atoms with Gasteiger partial charge in [0.05, 0.1) is 17.2 Å². The van der Waals surface area contributed by atoms with Gasteiger partial charge in [0.1, 0.15) is 11.3 Å². The van der Waals surface area contributed by atoms with E-state index in [1.807, 2.05) is 0 Å². The molecule has 5 nitrogen and oxygen atoms in total. The molecular formula is C19H18ClF3N2O3. The smallest absolute Gasteiger partial charge is 0.417 e. The number of anilines is 1. The van der Waals surface area contributed by atoms with Crippen LogP contribution in [0.4, 0.5) is 18.9 Å². The lowest BCUT2D eigenvalue weighted by molar-refractivity contribution is -0.137. The van der Waals surface area contributed by atoms with E-state index in [1.165, 1.54) is 16.7 Å². The van der Waals surface area contributed by atoms with E-state index in [9.17, 15) is 22.8 Å². The Kier molecular flexibility index (Phi) is 5.69. The van der Waals surface area contributed by atoms with Crippen LogP contribution in [0.1, 0.15) is 41.4 Å². The molecule has 0 atom stereocenters. The molecular weight excluding hydrogens is 397 g/mol. The molecule has 1 aromatic heterocycles. The first kappa shape index (κ1) is 20.3. The normalized spacial score (nSPS) is 13.8. The van der Waals surface area contributed by atoms with E-state index in [-0.39, 0.29) is 29.2 Å². The minimum absolute atomic E-state index is 0.0510. The Bertz CT molecular complexity index is 970. The highest BCUT2D eigenvalue weighted by molar-refractivity contribution is 6.31. The van der Waals surface area contributed by atoms with Crippen LogP contribution in [0.3, 0.4) is 0 Å². The summed E-state index contributed by atoms with van der Waals surface area (Å²) < 4.78 is 46.2. The van der Waals surface area contributed by atoms with Gasteiger partial charge in [-0.15, -0.1) is 0 Å². The minimum atomic E-state index is -4.65. The van der Waals surface area contributed by atoms with Crippen molar-refractivity contribution in [3.8, 4) is 5.75 Å². The summed E-state index contributed by atoms with van der Waals surface area (Å²) in [5, 5.41) is 2.02. The summed E-state index contributed by atoms with van der Waals surface area (Å²) in [6.45, 7) is 2.44. The molecule has 9 heteroatoms. The highest BCUT2D eigenvalue weighted by Gasteiger charge is 2.33. The van der Waals surface area contributed by atoms with Crippen molar-refractivity contribution in [1.82, 2.24) is 4.57 Å². The second-order valence-corrected chi connectivity index (χ2v) is 6.76. The Hall–Kier alpha value is -2.48. The van der Waals surface area contributed by atoms with Gasteiger partial charge in [0, 0.05) is 24.0 Å². The predicted molar refractivity (Wildman–Crippen MR) is 99.2 cm³/mol. The molecule has 150 valence electrons. The summed E-state index contributed by atoms with van der Waals surface area (Å²) in [7, 11) is 0. The first-order valence-corrected chi connectivity index (χ1v) is 9.17. The summed E-state index contributed by atoms with van der Waals surface area (Å²) in [4.78, 5) is 25.2. The number of aromatic nitrogens is 1. The maximum atomic E-state index is 13.1. The lowest BCUT2D eigenvalue weighted by Gasteiger charge is -2.23. The van der Waals surface area contributed by atoms with Crippen LogP contribution in [0.2, 0.25) is 5.02 Å². The van der Waals surface area contributed by atoms with Gasteiger partial charge in [0.25, 0.3) is 11.5 Å². The molecule has 1 amide bonds. The summed E-state index contributed by atoms with van der Waals surface area (Å²) in [6, 6.07) is 4.39. The number of ether oxygens (including phenoxy) is 1. The summed E-state index contributed by atoms with van der Waals surface area (Å²) in [5.41, 5.74) is -0.650. The number of nitrogens with zero attached hydrogens (tertiary/aromatic N) is 1. The standard InChI is InChI=1S/C19H18ClF3N2O3/c1-2-28-15-10-16(26)25-8-4-3-5-14(25)17(15)18(27)24-11-6-7-13(20)12(9-11)19(21,22)23/h6-7,9-10H,2-5,8H2,1H3,(H,24,27). The maximum absolute atomic E-state index is 13.1. The van der Waals surface area contributed by atoms with Gasteiger partial charge in [-0.1, -0.05) is 11.6 Å². The van der Waals surface area contributed by atoms with Crippen molar-refractivity contribution >= 4 is 23.2 Å². The highest BCUT2D eigenvalue weighted by Crippen LogP contribution is 2.36. The van der Waals surface area contributed by atoms with Crippen LogP contribution in [0.25, 0.3) is 0 Å². The van der Waals surface area contributed by atoms with Crippen LogP contribution in [0.15, 0.2) is 29.1 Å². The number of rotatable bonds is 4. The molecule has 1 N–H and O–H groups in total. The van der Waals surface area contributed by atoms with Crippen molar-refractivity contribution < 1.29 is 22.7 Å². The molecule has 0 fully saturated rings. The fourth-order valence-corrected chi connectivity index (χ4v) is 3.49. The van der Waals surface area contributed by atoms with E-state index in [0.29, 0.717) is 18.7 Å². The van der Waals surface area contributed by atoms with Crippen molar-refractivity contribution in [1.29, 1.82) is 0 Å². The fourth-order valence-electron chi connectivity index (χ4n) is 3.27. The quantitative estimate of drug-likeness (QED) is 0.800. The molecule has 1 aromatic carbocycles. The number of benzene rings is 1. The SMILES string of the molecule is CCOc1cc(=O)n2c(c1C(=O)Nc1ccc(Cl)c(C(F)(F)F)c1)CCCC2. The largest absolute Gasteiger partial charge is 0.493 e. The van der Waals surface area contributed by atoms with Crippen LogP contribution in [0, 0.1) is 0 Å². The van der Waals surface area contributed by atoms with Gasteiger partial charge >= 0.3 is 6.18 Å². The lowest BCUT2D eigenvalue weighted by Crippen LogP contribution is -2.31. The molecule has 0 spiro atoms. The average molecular weight is 415 g/mol. The van der Waals surface area contributed by atoms with E-state index < -0.39 is 22.7 Å². The van der Waals surface area contributed by atoms with E-state index in [0.717, 1.165) is 25.0 Å². The number of fused-ring (bicyclic) bond motifs is 1. The van der Waals surface area contributed by atoms with Gasteiger partial charge in [-0.2, -0.15) is 13.2 Å². The average Bonchev–Trinajstić information content (AvgIpc) is 2.63. The van der Waals surface area contributed by atoms with Crippen LogP contribution in [0.5, 0.6) is 5.75 Å². The lowest BCUT2D eigenvalue weighted by atomic mass is 10.0. The summed E-state index contributed by atoms with van der Waals surface area (Å²) in [6.07, 6.45) is -2.52. The molecule has 0 radical (unpaired) electrons. The molecule has 0 aliphatic carbocycles. The molecule has 0 saturated carbocycles. The van der Waals surface area contributed by atoms with E-state index in [1.54, 1.807) is 6.92 Å². The molecule has 28 heavy (non-hydrogen) atoms. The zero-order valence-corrected chi connectivity index (χ0v) is 15.8. The monoisotopic (exact) mass is 414 g/mol. The van der Waals surface area contributed by atoms with Crippen molar-refractivity contribution in [3.63, 3.8) is 0 Å². The third-order valence-electron chi connectivity index (χ3n) is 4.48. The van der Waals surface area contributed by atoms with Crippen molar-refractivity contribution in [2.75, 3.05) is 11.9 Å². The topological polar surface area (TPSA) is 60.3 Å². The van der Waals surface area contributed by atoms with Crippen molar-refractivity contribution in [3.05, 3.63) is 56.5 Å². The van der Waals surface area contributed by atoms with Crippen LogP contribution >= 0.6 is 11.6 Å². The number of carbonyl (C=O) groups excluding carboxylic acids is 1. The predicted octanol–water partition coefficient (Wildman–Crippen LogP) is 4.51. The number of nitrogens with one attached hydrogen (secondary N) is 1. The second-order valence-electron chi connectivity index (χ2n) is 6.36. The Labute approximate surface area is 164 Å². The first-order valence-electron chi connectivity index (χ1n) is 8.80. The van der Waals surface area contributed by atoms with Gasteiger partial charge < -0.3 is 14.6 Å². The number of halogens is 4. The molecule has 0 unspecified atom stereocenters. The number of alkyl halides is 3. The second kappa shape index (κ2) is 7.87. The molecule has 3 rings (SSSR count). The van der Waals surface area contributed by atoms with E-state index >= 15 is 0 Å². The molecule has 1 aliphatic rings. The van der Waals surface area contributed by atoms with E-state index in [4.69, 9.17) is 16.3 Å². The van der Waals surface area contributed by atoms with Crippen molar-refractivity contribution in [2.45, 2.75) is 38.9 Å². The molecule has 2 aromatic rings. The third-order valence-corrected chi connectivity index (χ3v) is 4.81. The number of amides is 1.